The number of carbonyl (C=O) groups is 1. The number of rotatable bonds is 3. The van der Waals surface area contributed by atoms with Gasteiger partial charge in [-0.15, -0.1) is 0 Å². The summed E-state index contributed by atoms with van der Waals surface area (Å²) in [5.41, 5.74) is 2.16. The number of nitrogens with zero attached hydrogens (tertiary/aromatic N) is 3. The maximum Gasteiger partial charge on any atom is 0.364 e. The van der Waals surface area contributed by atoms with E-state index < -0.39 is 5.97 Å². The molecule has 1 aliphatic heterocycles. The Morgan fingerprint density at radius 1 is 1.12 bits per heavy atom. The molecule has 0 bridgehead atoms. The van der Waals surface area contributed by atoms with E-state index in [1.807, 2.05) is 32.0 Å². The van der Waals surface area contributed by atoms with Crippen molar-refractivity contribution in [2.75, 3.05) is 18.0 Å². The van der Waals surface area contributed by atoms with Gasteiger partial charge in [-0.3, -0.25) is 0 Å². The SMILES string of the molecule is Cc1cc(C)cc(OC(=O)c2nc(N3CCCCC3)ncc2Cl)c1. The molecule has 0 unspecified atom stereocenters. The molecule has 3 rings (SSSR count). The molecule has 0 spiro atoms. The van der Waals surface area contributed by atoms with E-state index in [0.717, 1.165) is 37.1 Å². The predicted molar refractivity (Wildman–Crippen MR) is 94.0 cm³/mol. The molecule has 5 nitrogen and oxygen atoms in total. The molecule has 1 aromatic carbocycles. The largest absolute Gasteiger partial charge is 0.422 e. The maximum atomic E-state index is 12.5. The normalized spacial score (nSPS) is 14.5. The van der Waals surface area contributed by atoms with E-state index in [2.05, 4.69) is 14.9 Å². The van der Waals surface area contributed by atoms with Gasteiger partial charge in [0.25, 0.3) is 0 Å². The fourth-order valence-electron chi connectivity index (χ4n) is 2.89. The molecule has 1 aromatic heterocycles. The highest BCUT2D eigenvalue weighted by Gasteiger charge is 2.20. The summed E-state index contributed by atoms with van der Waals surface area (Å²) >= 11 is 6.11. The predicted octanol–water partition coefficient (Wildman–Crippen LogP) is 3.96. The molecule has 0 aliphatic carbocycles. The van der Waals surface area contributed by atoms with Crippen molar-refractivity contribution >= 4 is 23.5 Å². The number of anilines is 1. The van der Waals surface area contributed by atoms with Crippen molar-refractivity contribution in [1.29, 1.82) is 0 Å². The lowest BCUT2D eigenvalue weighted by molar-refractivity contribution is 0.0728. The molecule has 1 fully saturated rings. The van der Waals surface area contributed by atoms with E-state index in [4.69, 9.17) is 16.3 Å². The number of benzene rings is 1. The quantitative estimate of drug-likeness (QED) is 0.622. The summed E-state index contributed by atoms with van der Waals surface area (Å²) in [4.78, 5) is 23.2. The van der Waals surface area contributed by atoms with Crippen molar-refractivity contribution in [3.05, 3.63) is 46.2 Å². The first-order valence-electron chi connectivity index (χ1n) is 8.11. The molecule has 24 heavy (non-hydrogen) atoms. The minimum Gasteiger partial charge on any atom is -0.422 e. The molecule has 1 aliphatic rings. The van der Waals surface area contributed by atoms with Crippen LogP contribution in [0, 0.1) is 13.8 Å². The van der Waals surface area contributed by atoms with Crippen molar-refractivity contribution in [1.82, 2.24) is 9.97 Å². The molecular formula is C18H20ClN3O2. The van der Waals surface area contributed by atoms with E-state index in [1.165, 1.54) is 12.6 Å². The Labute approximate surface area is 146 Å². The first kappa shape index (κ1) is 16.7. The molecule has 2 heterocycles. The van der Waals surface area contributed by atoms with Crippen molar-refractivity contribution in [3.63, 3.8) is 0 Å². The summed E-state index contributed by atoms with van der Waals surface area (Å²) < 4.78 is 5.45. The maximum absolute atomic E-state index is 12.5. The lowest BCUT2D eigenvalue weighted by atomic mass is 10.1. The van der Waals surface area contributed by atoms with Gasteiger partial charge in [-0.05, 0) is 56.4 Å². The number of carbonyl (C=O) groups excluding carboxylic acids is 1. The van der Waals surface area contributed by atoms with Gasteiger partial charge in [-0.25, -0.2) is 14.8 Å². The monoisotopic (exact) mass is 345 g/mol. The van der Waals surface area contributed by atoms with E-state index in [9.17, 15) is 4.79 Å². The first-order chi connectivity index (χ1) is 11.5. The summed E-state index contributed by atoms with van der Waals surface area (Å²) in [6.07, 6.45) is 4.89. The fourth-order valence-corrected chi connectivity index (χ4v) is 3.06. The number of halogens is 1. The Kier molecular flexibility index (Phi) is 5.00. The summed E-state index contributed by atoms with van der Waals surface area (Å²) in [5.74, 6) is 0.462. The van der Waals surface area contributed by atoms with Crippen molar-refractivity contribution in [3.8, 4) is 5.75 Å². The topological polar surface area (TPSA) is 55.3 Å². The Bertz CT molecular complexity index is 738. The highest BCUT2D eigenvalue weighted by Crippen LogP contribution is 2.22. The van der Waals surface area contributed by atoms with E-state index in [0.29, 0.717) is 11.7 Å². The third-order valence-corrected chi connectivity index (χ3v) is 4.25. The Hall–Kier alpha value is -2.14. The number of hydrogen-bond donors (Lipinski definition) is 0. The second-order valence-electron chi connectivity index (χ2n) is 6.13. The molecular weight excluding hydrogens is 326 g/mol. The van der Waals surface area contributed by atoms with E-state index in [-0.39, 0.29) is 10.7 Å². The fraction of sp³-hybridized carbons (Fsp3) is 0.389. The van der Waals surface area contributed by atoms with Crippen molar-refractivity contribution in [2.24, 2.45) is 0 Å². The highest BCUT2D eigenvalue weighted by atomic mass is 35.5. The second-order valence-corrected chi connectivity index (χ2v) is 6.53. The summed E-state index contributed by atoms with van der Waals surface area (Å²) in [7, 11) is 0. The minimum atomic E-state index is -0.564. The van der Waals surface area contributed by atoms with Gasteiger partial charge in [0.2, 0.25) is 5.95 Å². The molecule has 0 N–H and O–H groups in total. The lowest BCUT2D eigenvalue weighted by Crippen LogP contribution is -2.31. The van der Waals surface area contributed by atoms with Gasteiger partial charge in [0, 0.05) is 13.1 Å². The summed E-state index contributed by atoms with van der Waals surface area (Å²) in [6, 6.07) is 5.64. The Balaban J connectivity index is 1.83. The summed E-state index contributed by atoms with van der Waals surface area (Å²) in [5, 5.41) is 0.199. The zero-order chi connectivity index (χ0) is 17.1. The van der Waals surface area contributed by atoms with Crippen LogP contribution in [0.3, 0.4) is 0 Å². The number of ether oxygens (including phenoxy) is 1. The van der Waals surface area contributed by atoms with Crippen LogP contribution in [0.4, 0.5) is 5.95 Å². The minimum absolute atomic E-state index is 0.103. The molecule has 2 aromatic rings. The average molecular weight is 346 g/mol. The molecule has 6 heteroatoms. The smallest absolute Gasteiger partial charge is 0.364 e. The van der Waals surface area contributed by atoms with Crippen molar-refractivity contribution < 1.29 is 9.53 Å². The van der Waals surface area contributed by atoms with Gasteiger partial charge in [-0.1, -0.05) is 17.7 Å². The first-order valence-corrected chi connectivity index (χ1v) is 8.49. The zero-order valence-electron chi connectivity index (χ0n) is 13.9. The second kappa shape index (κ2) is 7.18. The van der Waals surface area contributed by atoms with Gasteiger partial charge >= 0.3 is 5.97 Å². The van der Waals surface area contributed by atoms with Crippen LogP contribution in [0.5, 0.6) is 5.75 Å². The zero-order valence-corrected chi connectivity index (χ0v) is 14.6. The molecule has 0 saturated carbocycles. The van der Waals surface area contributed by atoms with Crippen molar-refractivity contribution in [2.45, 2.75) is 33.1 Å². The van der Waals surface area contributed by atoms with Gasteiger partial charge < -0.3 is 9.64 Å². The Morgan fingerprint density at radius 2 is 1.79 bits per heavy atom. The molecule has 0 atom stereocenters. The van der Waals surface area contributed by atoms with E-state index in [1.54, 1.807) is 0 Å². The number of hydrogen-bond acceptors (Lipinski definition) is 5. The van der Waals surface area contributed by atoms with Crippen LogP contribution in [0.1, 0.15) is 40.9 Å². The van der Waals surface area contributed by atoms with Crippen LogP contribution in [0.25, 0.3) is 0 Å². The molecule has 1 saturated heterocycles. The highest BCUT2D eigenvalue weighted by molar-refractivity contribution is 6.33. The third kappa shape index (κ3) is 3.85. The van der Waals surface area contributed by atoms with Gasteiger partial charge in [0.1, 0.15) is 5.75 Å². The van der Waals surface area contributed by atoms with Crippen LogP contribution in [-0.2, 0) is 0 Å². The molecule has 0 radical (unpaired) electrons. The lowest BCUT2D eigenvalue weighted by Gasteiger charge is -2.26. The number of aromatic nitrogens is 2. The van der Waals surface area contributed by atoms with E-state index >= 15 is 0 Å². The number of esters is 1. The van der Waals surface area contributed by atoms with Crippen LogP contribution >= 0.6 is 11.6 Å². The van der Waals surface area contributed by atoms with Gasteiger partial charge in [-0.2, -0.15) is 0 Å². The molecule has 0 amide bonds. The van der Waals surface area contributed by atoms with Gasteiger partial charge in [0.15, 0.2) is 5.69 Å². The average Bonchev–Trinajstić information content (AvgIpc) is 2.55. The number of piperidine rings is 1. The molecule has 126 valence electrons. The van der Waals surface area contributed by atoms with Gasteiger partial charge in [0.05, 0.1) is 11.2 Å². The van der Waals surface area contributed by atoms with Crippen LogP contribution < -0.4 is 9.64 Å². The van der Waals surface area contributed by atoms with Crippen LogP contribution in [0.15, 0.2) is 24.4 Å². The standard InChI is InChI=1S/C18H20ClN3O2/c1-12-8-13(2)10-14(9-12)24-17(23)16-15(19)11-20-18(21-16)22-6-4-3-5-7-22/h8-11H,3-7H2,1-2H3. The van der Waals surface area contributed by atoms with Crippen LogP contribution in [0.2, 0.25) is 5.02 Å². The third-order valence-electron chi connectivity index (χ3n) is 3.97. The number of aryl methyl sites for hydroxylation is 2. The van der Waals surface area contributed by atoms with Crippen LogP contribution in [-0.4, -0.2) is 29.0 Å². The Morgan fingerprint density at radius 3 is 2.46 bits per heavy atom. The summed E-state index contributed by atoms with van der Waals surface area (Å²) in [6.45, 7) is 5.70.